The number of carbonyl (C=O) groups is 1. The molecule has 0 aliphatic carbocycles. The van der Waals surface area contributed by atoms with Crippen molar-refractivity contribution in [2.45, 2.75) is 38.8 Å². The summed E-state index contributed by atoms with van der Waals surface area (Å²) in [5.74, 6) is -0.162. The molecule has 1 unspecified atom stereocenters. The second-order valence-corrected chi connectivity index (χ2v) is 9.94. The highest BCUT2D eigenvalue weighted by atomic mass is 35.5. The summed E-state index contributed by atoms with van der Waals surface area (Å²) in [6, 6.07) is 22.1. The number of rotatable bonds is 3. The first-order chi connectivity index (χ1) is 15.7. The molecular formula is C28H24ClNO3. The third kappa shape index (κ3) is 3.75. The Balaban J connectivity index is 1.68. The van der Waals surface area contributed by atoms with Crippen molar-refractivity contribution < 1.29 is 9.21 Å². The van der Waals surface area contributed by atoms with Crippen molar-refractivity contribution in [2.24, 2.45) is 0 Å². The van der Waals surface area contributed by atoms with Crippen LogP contribution >= 0.6 is 11.6 Å². The summed E-state index contributed by atoms with van der Waals surface area (Å²) >= 11 is 6.05. The maximum Gasteiger partial charge on any atom is 0.291 e. The molecule has 3 aromatic carbocycles. The highest BCUT2D eigenvalue weighted by Gasteiger charge is 2.42. The highest BCUT2D eigenvalue weighted by molar-refractivity contribution is 6.30. The fraction of sp³-hybridized carbons (Fsp3) is 0.214. The highest BCUT2D eigenvalue weighted by Crippen LogP contribution is 2.39. The predicted octanol–water partition coefficient (Wildman–Crippen LogP) is 6.49. The third-order valence-electron chi connectivity index (χ3n) is 6.23. The molecule has 0 radical (unpaired) electrons. The van der Waals surface area contributed by atoms with Crippen molar-refractivity contribution >= 4 is 28.5 Å². The Morgan fingerprint density at radius 3 is 2.24 bits per heavy atom. The Labute approximate surface area is 197 Å². The zero-order chi connectivity index (χ0) is 23.3. The first-order valence-corrected chi connectivity index (χ1v) is 11.3. The lowest BCUT2D eigenvalue weighted by molar-refractivity contribution is 0.0714. The lowest BCUT2D eigenvalue weighted by Crippen LogP contribution is -2.29. The number of carbonyl (C=O) groups excluding carboxylic acids is 1. The Hall–Kier alpha value is -3.37. The number of halogens is 1. The van der Waals surface area contributed by atoms with Crippen LogP contribution in [0, 0.1) is 0 Å². The van der Waals surface area contributed by atoms with Gasteiger partial charge >= 0.3 is 0 Å². The molecule has 0 N–H and O–H groups in total. The number of nitrogens with zero attached hydrogens (tertiary/aromatic N) is 1. The van der Waals surface area contributed by atoms with Crippen molar-refractivity contribution in [1.29, 1.82) is 0 Å². The zero-order valence-electron chi connectivity index (χ0n) is 18.8. The minimum absolute atomic E-state index is 0.000155. The molecule has 0 saturated carbocycles. The molecule has 5 heteroatoms. The molecule has 4 nitrogen and oxygen atoms in total. The summed E-state index contributed by atoms with van der Waals surface area (Å²) in [6.07, 6.45) is 0. The zero-order valence-corrected chi connectivity index (χ0v) is 19.5. The van der Waals surface area contributed by atoms with Crippen molar-refractivity contribution in [3.05, 3.63) is 116 Å². The van der Waals surface area contributed by atoms with Crippen molar-refractivity contribution in [2.75, 3.05) is 0 Å². The van der Waals surface area contributed by atoms with Crippen LogP contribution in [0.25, 0.3) is 11.0 Å². The van der Waals surface area contributed by atoms with E-state index in [1.165, 1.54) is 5.56 Å². The molecule has 1 aromatic heterocycles. The van der Waals surface area contributed by atoms with Gasteiger partial charge in [-0.25, -0.2) is 0 Å². The van der Waals surface area contributed by atoms with Gasteiger partial charge in [0.2, 0.25) is 5.76 Å². The number of fused-ring (bicyclic) bond motifs is 2. The van der Waals surface area contributed by atoms with E-state index in [0.29, 0.717) is 28.1 Å². The second-order valence-electron chi connectivity index (χ2n) is 9.50. The molecule has 0 saturated heterocycles. The fourth-order valence-electron chi connectivity index (χ4n) is 4.43. The van der Waals surface area contributed by atoms with E-state index in [-0.39, 0.29) is 22.5 Å². The molecular weight excluding hydrogens is 434 g/mol. The van der Waals surface area contributed by atoms with E-state index in [1.54, 1.807) is 41.3 Å². The van der Waals surface area contributed by atoms with Gasteiger partial charge in [-0.1, -0.05) is 80.9 Å². The van der Waals surface area contributed by atoms with Gasteiger partial charge in [-0.15, -0.1) is 0 Å². The van der Waals surface area contributed by atoms with E-state index < -0.39 is 6.04 Å². The van der Waals surface area contributed by atoms with Crippen molar-refractivity contribution in [3.63, 3.8) is 0 Å². The van der Waals surface area contributed by atoms with Gasteiger partial charge in [-0.2, -0.15) is 0 Å². The van der Waals surface area contributed by atoms with E-state index >= 15 is 0 Å². The van der Waals surface area contributed by atoms with E-state index in [9.17, 15) is 9.59 Å². The third-order valence-corrected chi connectivity index (χ3v) is 6.48. The van der Waals surface area contributed by atoms with Gasteiger partial charge in [0.25, 0.3) is 5.91 Å². The number of hydrogen-bond acceptors (Lipinski definition) is 3. The molecule has 0 bridgehead atoms. The Morgan fingerprint density at radius 1 is 0.909 bits per heavy atom. The molecule has 5 rings (SSSR count). The summed E-state index contributed by atoms with van der Waals surface area (Å²) in [4.78, 5) is 28.8. The predicted molar refractivity (Wildman–Crippen MR) is 131 cm³/mol. The normalized spacial score (nSPS) is 15.8. The van der Waals surface area contributed by atoms with Gasteiger partial charge < -0.3 is 9.32 Å². The number of para-hydroxylation sites is 1. The largest absolute Gasteiger partial charge is 0.450 e. The number of hydrogen-bond donors (Lipinski definition) is 0. The number of amides is 1. The molecule has 0 fully saturated rings. The summed E-state index contributed by atoms with van der Waals surface area (Å²) in [6.45, 7) is 6.81. The van der Waals surface area contributed by atoms with Gasteiger partial charge in [0.1, 0.15) is 5.58 Å². The average molecular weight is 458 g/mol. The Bertz CT molecular complexity index is 1410. The van der Waals surface area contributed by atoms with Crippen LogP contribution in [0.5, 0.6) is 0 Å². The van der Waals surface area contributed by atoms with E-state index in [4.69, 9.17) is 16.0 Å². The minimum atomic E-state index is -0.530. The summed E-state index contributed by atoms with van der Waals surface area (Å²) < 4.78 is 6.00. The van der Waals surface area contributed by atoms with E-state index in [1.807, 2.05) is 24.3 Å². The molecule has 4 aromatic rings. The maximum atomic E-state index is 13.6. The quantitative estimate of drug-likeness (QED) is 0.353. The standard InChI is InChI=1S/C28H24ClNO3/c1-28(2,3)19-12-10-18(11-13-19)24-23-25(31)21-6-4-5-7-22(21)33-26(23)27(32)30(24)16-17-8-14-20(29)15-9-17/h4-15,24H,16H2,1-3H3. The van der Waals surface area contributed by atoms with Crippen LogP contribution in [0.4, 0.5) is 0 Å². The van der Waals surface area contributed by atoms with Crippen LogP contribution in [0.2, 0.25) is 5.02 Å². The molecule has 1 aliphatic heterocycles. The first kappa shape index (κ1) is 21.5. The first-order valence-electron chi connectivity index (χ1n) is 11.0. The summed E-state index contributed by atoms with van der Waals surface area (Å²) in [5, 5.41) is 1.11. The van der Waals surface area contributed by atoms with Gasteiger partial charge in [0.05, 0.1) is 17.0 Å². The molecule has 33 heavy (non-hydrogen) atoms. The minimum Gasteiger partial charge on any atom is -0.450 e. The lowest BCUT2D eigenvalue weighted by atomic mass is 9.86. The topological polar surface area (TPSA) is 50.5 Å². The van der Waals surface area contributed by atoms with Gasteiger partial charge in [-0.3, -0.25) is 9.59 Å². The lowest BCUT2D eigenvalue weighted by Gasteiger charge is -2.26. The monoisotopic (exact) mass is 457 g/mol. The van der Waals surface area contributed by atoms with Crippen LogP contribution in [-0.2, 0) is 12.0 Å². The van der Waals surface area contributed by atoms with Gasteiger partial charge in [0, 0.05) is 11.6 Å². The smallest absolute Gasteiger partial charge is 0.291 e. The SMILES string of the molecule is CC(C)(C)c1ccc(C2c3c(oc4ccccc4c3=O)C(=O)N2Cc2ccc(Cl)cc2)cc1. The molecule has 2 heterocycles. The van der Waals surface area contributed by atoms with E-state index in [2.05, 4.69) is 32.9 Å². The maximum absolute atomic E-state index is 13.6. The fourth-order valence-corrected chi connectivity index (χ4v) is 4.55. The second kappa shape index (κ2) is 7.89. The van der Waals surface area contributed by atoms with Crippen LogP contribution in [-0.4, -0.2) is 10.8 Å². The van der Waals surface area contributed by atoms with Crippen LogP contribution in [0.3, 0.4) is 0 Å². The summed E-state index contributed by atoms with van der Waals surface area (Å²) in [5.41, 5.74) is 3.65. The van der Waals surface area contributed by atoms with Crippen LogP contribution in [0.1, 0.15) is 59.6 Å². The van der Waals surface area contributed by atoms with Crippen LogP contribution < -0.4 is 5.43 Å². The van der Waals surface area contributed by atoms with Gasteiger partial charge in [0.15, 0.2) is 5.43 Å². The Kier molecular flexibility index (Phi) is 5.13. The molecule has 1 amide bonds. The van der Waals surface area contributed by atoms with Crippen LogP contribution in [0.15, 0.2) is 82.0 Å². The Morgan fingerprint density at radius 2 is 1.58 bits per heavy atom. The molecule has 1 atom stereocenters. The average Bonchev–Trinajstić information content (AvgIpc) is 3.07. The van der Waals surface area contributed by atoms with Crippen molar-refractivity contribution in [1.82, 2.24) is 4.90 Å². The molecule has 0 spiro atoms. The van der Waals surface area contributed by atoms with Gasteiger partial charge in [-0.05, 0) is 46.4 Å². The van der Waals surface area contributed by atoms with Crippen molar-refractivity contribution in [3.8, 4) is 0 Å². The van der Waals surface area contributed by atoms with E-state index in [0.717, 1.165) is 11.1 Å². The molecule has 1 aliphatic rings. The summed E-state index contributed by atoms with van der Waals surface area (Å²) in [7, 11) is 0. The molecule has 166 valence electrons. The number of benzene rings is 3.